The van der Waals surface area contributed by atoms with Gasteiger partial charge in [-0.1, -0.05) is 24.3 Å². The van der Waals surface area contributed by atoms with E-state index in [4.69, 9.17) is 9.15 Å². The molecule has 178 valence electrons. The number of carbonyl (C=O) groups is 1. The highest BCUT2D eigenvalue weighted by molar-refractivity contribution is 6.03. The number of aromatic nitrogens is 2. The van der Waals surface area contributed by atoms with Crippen molar-refractivity contribution < 1.29 is 18.3 Å². The van der Waals surface area contributed by atoms with Gasteiger partial charge in [0, 0.05) is 43.5 Å². The van der Waals surface area contributed by atoms with Crippen molar-refractivity contribution in [3.05, 3.63) is 84.6 Å². The van der Waals surface area contributed by atoms with Crippen molar-refractivity contribution in [2.45, 2.75) is 0 Å². The molecule has 0 spiro atoms. The molecule has 5 rings (SSSR count). The summed E-state index contributed by atoms with van der Waals surface area (Å²) in [5.41, 5.74) is 1.76. The van der Waals surface area contributed by atoms with Gasteiger partial charge >= 0.3 is 6.01 Å². The zero-order chi connectivity index (χ0) is 24.2. The summed E-state index contributed by atoms with van der Waals surface area (Å²) in [6.07, 6.45) is 1.55. The number of benzene rings is 2. The van der Waals surface area contributed by atoms with E-state index in [1.807, 2.05) is 30.3 Å². The van der Waals surface area contributed by atoms with Gasteiger partial charge in [-0.15, -0.1) is 0 Å². The lowest BCUT2D eigenvalue weighted by atomic mass is 10.2. The van der Waals surface area contributed by atoms with Crippen molar-refractivity contribution in [1.82, 2.24) is 9.97 Å². The number of rotatable bonds is 6. The van der Waals surface area contributed by atoms with Crippen LogP contribution in [0.2, 0.25) is 0 Å². The summed E-state index contributed by atoms with van der Waals surface area (Å²) in [4.78, 5) is 25.6. The Morgan fingerprint density at radius 1 is 1.00 bits per heavy atom. The predicted molar refractivity (Wildman–Crippen MR) is 132 cm³/mol. The molecule has 1 fully saturated rings. The first-order valence-corrected chi connectivity index (χ1v) is 11.2. The van der Waals surface area contributed by atoms with Crippen LogP contribution in [-0.4, -0.2) is 49.2 Å². The second-order valence-electron chi connectivity index (χ2n) is 8.04. The SMILES string of the molecule is COc1cccc(N2CCN(c3ccc(NC(=O)c4nc(-c5ccccc5)oc4F)cn3)CC2)c1. The summed E-state index contributed by atoms with van der Waals surface area (Å²) in [5, 5.41) is 2.63. The third-order valence-electron chi connectivity index (χ3n) is 5.85. The van der Waals surface area contributed by atoms with E-state index >= 15 is 0 Å². The third kappa shape index (κ3) is 4.93. The number of methoxy groups -OCH3 is 1. The standard InChI is InChI=1S/C26H24FN5O3/c1-34-21-9-5-8-20(16-21)31-12-14-32(15-13-31)22-11-10-19(17-28-22)29-25(33)23-24(27)35-26(30-23)18-6-3-2-4-7-18/h2-11,16-17H,12-15H2,1H3,(H,29,33). The number of oxazole rings is 1. The summed E-state index contributed by atoms with van der Waals surface area (Å²) >= 11 is 0. The molecule has 1 amide bonds. The van der Waals surface area contributed by atoms with E-state index in [-0.39, 0.29) is 5.89 Å². The number of ether oxygens (including phenoxy) is 1. The molecule has 1 aliphatic heterocycles. The summed E-state index contributed by atoms with van der Waals surface area (Å²) in [6.45, 7) is 3.32. The van der Waals surface area contributed by atoms with Crippen LogP contribution in [0.25, 0.3) is 11.5 Å². The highest BCUT2D eigenvalue weighted by Gasteiger charge is 2.22. The lowest BCUT2D eigenvalue weighted by molar-refractivity contribution is 0.101. The van der Waals surface area contributed by atoms with E-state index < -0.39 is 17.6 Å². The van der Waals surface area contributed by atoms with Gasteiger partial charge in [0.05, 0.1) is 19.0 Å². The van der Waals surface area contributed by atoms with E-state index in [0.717, 1.165) is 43.4 Å². The molecule has 0 atom stereocenters. The minimum absolute atomic E-state index is 0.0508. The summed E-state index contributed by atoms with van der Waals surface area (Å²) in [7, 11) is 1.67. The molecule has 2 aromatic carbocycles. The monoisotopic (exact) mass is 473 g/mol. The Balaban J connectivity index is 1.20. The highest BCUT2D eigenvalue weighted by atomic mass is 19.1. The second kappa shape index (κ2) is 9.84. The number of amides is 1. The van der Waals surface area contributed by atoms with Crippen LogP contribution in [0.15, 0.2) is 77.3 Å². The van der Waals surface area contributed by atoms with Crippen LogP contribution >= 0.6 is 0 Å². The number of nitrogens with zero attached hydrogens (tertiary/aromatic N) is 4. The molecule has 0 aliphatic carbocycles. The fourth-order valence-electron chi connectivity index (χ4n) is 3.98. The Labute approximate surface area is 202 Å². The molecule has 0 unspecified atom stereocenters. The van der Waals surface area contributed by atoms with E-state index in [1.54, 1.807) is 43.6 Å². The molecule has 1 N–H and O–H groups in total. The maximum absolute atomic E-state index is 14.2. The Bertz CT molecular complexity index is 1300. The average Bonchev–Trinajstić information content (AvgIpc) is 3.31. The average molecular weight is 474 g/mol. The number of piperazine rings is 1. The lowest BCUT2D eigenvalue weighted by Gasteiger charge is -2.36. The fourth-order valence-corrected chi connectivity index (χ4v) is 3.98. The van der Waals surface area contributed by atoms with E-state index in [1.165, 1.54) is 0 Å². The zero-order valence-electron chi connectivity index (χ0n) is 19.1. The Morgan fingerprint density at radius 2 is 1.77 bits per heavy atom. The molecule has 9 heteroatoms. The number of pyridine rings is 1. The quantitative estimate of drug-likeness (QED) is 0.443. The smallest absolute Gasteiger partial charge is 0.311 e. The second-order valence-corrected chi connectivity index (χ2v) is 8.04. The minimum Gasteiger partial charge on any atom is -0.497 e. The first-order chi connectivity index (χ1) is 17.1. The summed E-state index contributed by atoms with van der Waals surface area (Å²) in [6, 6.07) is 19.4. The molecule has 8 nitrogen and oxygen atoms in total. The number of anilines is 3. The van der Waals surface area contributed by atoms with E-state index in [0.29, 0.717) is 11.3 Å². The summed E-state index contributed by atoms with van der Waals surface area (Å²) in [5.74, 6) is 1.00. The summed E-state index contributed by atoms with van der Waals surface area (Å²) < 4.78 is 24.6. The molecule has 3 heterocycles. The lowest BCUT2D eigenvalue weighted by Crippen LogP contribution is -2.46. The van der Waals surface area contributed by atoms with Crippen LogP contribution in [-0.2, 0) is 0 Å². The van der Waals surface area contributed by atoms with Crippen molar-refractivity contribution in [1.29, 1.82) is 0 Å². The molecular weight excluding hydrogens is 449 g/mol. The maximum Gasteiger partial charge on any atom is 0.311 e. The molecule has 35 heavy (non-hydrogen) atoms. The van der Waals surface area contributed by atoms with Gasteiger partial charge in [-0.25, -0.2) is 9.97 Å². The molecule has 0 radical (unpaired) electrons. The number of hydrogen-bond donors (Lipinski definition) is 1. The fraction of sp³-hybridized carbons (Fsp3) is 0.192. The largest absolute Gasteiger partial charge is 0.497 e. The first-order valence-electron chi connectivity index (χ1n) is 11.2. The third-order valence-corrected chi connectivity index (χ3v) is 5.85. The molecule has 1 saturated heterocycles. The Kier molecular flexibility index (Phi) is 6.30. The maximum atomic E-state index is 14.2. The van der Waals surface area contributed by atoms with Gasteiger partial charge in [0.25, 0.3) is 5.91 Å². The molecular formula is C26H24FN5O3. The molecule has 0 bridgehead atoms. The Morgan fingerprint density at radius 3 is 2.49 bits per heavy atom. The van der Waals surface area contributed by atoms with Crippen molar-refractivity contribution in [2.24, 2.45) is 0 Å². The van der Waals surface area contributed by atoms with Crippen LogP contribution in [0.3, 0.4) is 0 Å². The topological polar surface area (TPSA) is 83.7 Å². The molecule has 2 aromatic heterocycles. The van der Waals surface area contributed by atoms with Crippen molar-refractivity contribution in [3.63, 3.8) is 0 Å². The van der Waals surface area contributed by atoms with Gasteiger partial charge in [-0.05, 0) is 36.4 Å². The van der Waals surface area contributed by atoms with Gasteiger partial charge in [0.15, 0.2) is 0 Å². The molecule has 0 saturated carbocycles. The number of halogens is 1. The van der Waals surface area contributed by atoms with Crippen LogP contribution < -0.4 is 19.9 Å². The van der Waals surface area contributed by atoms with Gasteiger partial charge < -0.3 is 24.3 Å². The van der Waals surface area contributed by atoms with Crippen LogP contribution in [0.5, 0.6) is 5.75 Å². The highest BCUT2D eigenvalue weighted by Crippen LogP contribution is 2.25. The normalized spacial score (nSPS) is 13.5. The van der Waals surface area contributed by atoms with Gasteiger partial charge in [-0.2, -0.15) is 4.39 Å². The van der Waals surface area contributed by atoms with Gasteiger partial charge in [0.2, 0.25) is 11.6 Å². The first kappa shape index (κ1) is 22.4. The van der Waals surface area contributed by atoms with E-state index in [2.05, 4.69) is 31.2 Å². The molecule has 4 aromatic rings. The van der Waals surface area contributed by atoms with Crippen LogP contribution in [0.1, 0.15) is 10.5 Å². The van der Waals surface area contributed by atoms with Crippen molar-refractivity contribution >= 4 is 23.1 Å². The van der Waals surface area contributed by atoms with Crippen LogP contribution in [0.4, 0.5) is 21.6 Å². The van der Waals surface area contributed by atoms with E-state index in [9.17, 15) is 9.18 Å². The minimum atomic E-state index is -1.03. The predicted octanol–water partition coefficient (Wildman–Crippen LogP) is 4.46. The Hall–Kier alpha value is -4.40. The zero-order valence-corrected chi connectivity index (χ0v) is 19.1. The molecule has 1 aliphatic rings. The van der Waals surface area contributed by atoms with Crippen LogP contribution in [0, 0.1) is 6.01 Å². The number of nitrogens with one attached hydrogen (secondary N) is 1. The van der Waals surface area contributed by atoms with Gasteiger partial charge in [-0.3, -0.25) is 4.79 Å². The van der Waals surface area contributed by atoms with Crippen molar-refractivity contribution in [3.8, 4) is 17.2 Å². The van der Waals surface area contributed by atoms with Gasteiger partial charge in [0.1, 0.15) is 11.6 Å². The number of carbonyl (C=O) groups excluding carboxylic acids is 1. The van der Waals surface area contributed by atoms with Crippen molar-refractivity contribution in [2.75, 3.05) is 48.4 Å². The number of hydrogen-bond acceptors (Lipinski definition) is 7.